The molecule has 2 heterocycles. The molecule has 0 bridgehead atoms. The van der Waals surface area contributed by atoms with Gasteiger partial charge in [-0.15, -0.1) is 0 Å². The van der Waals surface area contributed by atoms with E-state index in [1.165, 1.54) is 11.1 Å². The molecule has 1 amide bonds. The van der Waals surface area contributed by atoms with Gasteiger partial charge in [0, 0.05) is 37.7 Å². The largest absolute Gasteiger partial charge is 0.373 e. The number of benzene rings is 2. The van der Waals surface area contributed by atoms with Crippen LogP contribution in [0, 0.1) is 0 Å². The Morgan fingerprint density at radius 3 is 2.48 bits per heavy atom. The molecule has 2 aromatic rings. The van der Waals surface area contributed by atoms with Crippen molar-refractivity contribution in [1.82, 2.24) is 15.8 Å². The molecule has 5 nitrogen and oxygen atoms in total. The Labute approximate surface area is 160 Å². The van der Waals surface area contributed by atoms with Crippen molar-refractivity contribution >= 4 is 5.91 Å². The van der Waals surface area contributed by atoms with Crippen molar-refractivity contribution in [2.45, 2.75) is 31.5 Å². The van der Waals surface area contributed by atoms with Crippen LogP contribution in [0.5, 0.6) is 0 Å². The molecule has 0 aliphatic carbocycles. The summed E-state index contributed by atoms with van der Waals surface area (Å²) in [5.41, 5.74) is 9.52. The highest BCUT2D eigenvalue weighted by Crippen LogP contribution is 2.21. The molecule has 2 aromatic carbocycles. The van der Waals surface area contributed by atoms with Gasteiger partial charge < -0.3 is 9.64 Å². The summed E-state index contributed by atoms with van der Waals surface area (Å²) < 4.78 is 6.04. The topological polar surface area (TPSA) is 53.6 Å². The minimum atomic E-state index is 0.136. The summed E-state index contributed by atoms with van der Waals surface area (Å²) in [5.74, 6) is 0.562. The average molecular weight is 365 g/mol. The fraction of sp³-hybridized carbons (Fsp3) is 0.409. The molecule has 2 aliphatic rings. The van der Waals surface area contributed by atoms with E-state index in [1.807, 2.05) is 35.2 Å². The molecule has 27 heavy (non-hydrogen) atoms. The zero-order valence-corrected chi connectivity index (χ0v) is 15.6. The van der Waals surface area contributed by atoms with Crippen molar-refractivity contribution in [2.24, 2.45) is 0 Å². The van der Waals surface area contributed by atoms with Gasteiger partial charge in [0.2, 0.25) is 0 Å². The lowest BCUT2D eigenvalue weighted by atomic mass is 9.97. The van der Waals surface area contributed by atoms with Crippen LogP contribution in [0.3, 0.4) is 0 Å². The van der Waals surface area contributed by atoms with E-state index in [2.05, 4.69) is 35.1 Å². The monoisotopic (exact) mass is 365 g/mol. The van der Waals surface area contributed by atoms with E-state index in [0.717, 1.165) is 44.6 Å². The molecule has 0 atom stereocenters. The van der Waals surface area contributed by atoms with Gasteiger partial charge in [0.1, 0.15) is 0 Å². The van der Waals surface area contributed by atoms with Crippen LogP contribution in [0.1, 0.15) is 40.2 Å². The quantitative estimate of drug-likeness (QED) is 0.855. The fourth-order valence-corrected chi connectivity index (χ4v) is 3.82. The highest BCUT2D eigenvalue weighted by atomic mass is 16.5. The third-order valence-corrected chi connectivity index (χ3v) is 5.48. The van der Waals surface area contributed by atoms with Crippen LogP contribution >= 0.6 is 0 Å². The number of likely N-dealkylation sites (tertiary alicyclic amines) is 1. The number of piperidine rings is 1. The molecule has 0 saturated carbocycles. The van der Waals surface area contributed by atoms with Gasteiger partial charge in [-0.05, 0) is 36.1 Å². The Bertz CT molecular complexity index is 751. The van der Waals surface area contributed by atoms with Crippen molar-refractivity contribution in [3.05, 3.63) is 71.3 Å². The standard InChI is InChI=1S/C22H27N3O2/c26-22(19-8-4-7-18(13-19)20-14-23-24-15-20)25-11-9-21(10-12-25)27-16-17-5-2-1-3-6-17/h1-8,13,20-21,23-24H,9-12,14-16H2. The molecule has 5 heteroatoms. The zero-order valence-electron chi connectivity index (χ0n) is 15.6. The number of carbonyl (C=O) groups excluding carboxylic acids is 1. The first-order valence-electron chi connectivity index (χ1n) is 9.80. The highest BCUT2D eigenvalue weighted by Gasteiger charge is 2.25. The lowest BCUT2D eigenvalue weighted by Gasteiger charge is -2.32. The molecule has 2 fully saturated rings. The van der Waals surface area contributed by atoms with Gasteiger partial charge in [-0.3, -0.25) is 15.6 Å². The van der Waals surface area contributed by atoms with Crippen molar-refractivity contribution < 1.29 is 9.53 Å². The second kappa shape index (κ2) is 8.65. The molecule has 2 saturated heterocycles. The maximum absolute atomic E-state index is 12.9. The van der Waals surface area contributed by atoms with Gasteiger partial charge in [-0.25, -0.2) is 0 Å². The van der Waals surface area contributed by atoms with Gasteiger partial charge >= 0.3 is 0 Å². The van der Waals surface area contributed by atoms with Gasteiger partial charge in [0.25, 0.3) is 5.91 Å². The fourth-order valence-electron chi connectivity index (χ4n) is 3.82. The van der Waals surface area contributed by atoms with Crippen LogP contribution in [0.4, 0.5) is 0 Å². The van der Waals surface area contributed by atoms with Crippen LogP contribution in [-0.2, 0) is 11.3 Å². The van der Waals surface area contributed by atoms with Gasteiger partial charge in [0.05, 0.1) is 12.7 Å². The van der Waals surface area contributed by atoms with Crippen LogP contribution in [0.2, 0.25) is 0 Å². The lowest BCUT2D eigenvalue weighted by Crippen LogP contribution is -2.40. The second-order valence-electron chi connectivity index (χ2n) is 7.37. The Morgan fingerprint density at radius 1 is 1.00 bits per heavy atom. The summed E-state index contributed by atoms with van der Waals surface area (Å²) in [4.78, 5) is 14.9. The Hall–Kier alpha value is -2.21. The van der Waals surface area contributed by atoms with E-state index >= 15 is 0 Å². The summed E-state index contributed by atoms with van der Waals surface area (Å²) >= 11 is 0. The number of amides is 1. The van der Waals surface area contributed by atoms with Crippen molar-refractivity contribution in [1.29, 1.82) is 0 Å². The molecule has 2 aliphatic heterocycles. The van der Waals surface area contributed by atoms with Gasteiger partial charge in [0.15, 0.2) is 0 Å². The molecule has 0 unspecified atom stereocenters. The molecule has 4 rings (SSSR count). The van der Waals surface area contributed by atoms with Crippen LogP contribution in [0.15, 0.2) is 54.6 Å². The van der Waals surface area contributed by atoms with E-state index < -0.39 is 0 Å². The SMILES string of the molecule is O=C(c1cccc(C2CNNC2)c1)N1CCC(OCc2ccccc2)CC1. The third kappa shape index (κ3) is 4.56. The number of carbonyl (C=O) groups is 1. The minimum absolute atomic E-state index is 0.136. The first-order chi connectivity index (χ1) is 13.3. The second-order valence-corrected chi connectivity index (χ2v) is 7.37. The Kier molecular flexibility index (Phi) is 5.82. The van der Waals surface area contributed by atoms with E-state index in [0.29, 0.717) is 12.5 Å². The summed E-state index contributed by atoms with van der Waals surface area (Å²) in [6.07, 6.45) is 2.03. The summed E-state index contributed by atoms with van der Waals surface area (Å²) in [7, 11) is 0. The number of rotatable bonds is 5. The normalized spacial score (nSPS) is 18.7. The van der Waals surface area contributed by atoms with Crippen LogP contribution < -0.4 is 10.9 Å². The molecular weight excluding hydrogens is 338 g/mol. The molecule has 0 spiro atoms. The van der Waals surface area contributed by atoms with E-state index in [-0.39, 0.29) is 12.0 Å². The number of hydrogen-bond donors (Lipinski definition) is 2. The average Bonchev–Trinajstić information content (AvgIpc) is 3.28. The third-order valence-electron chi connectivity index (χ3n) is 5.48. The number of nitrogens with zero attached hydrogens (tertiary/aromatic N) is 1. The van der Waals surface area contributed by atoms with Crippen LogP contribution in [0.25, 0.3) is 0 Å². The van der Waals surface area contributed by atoms with E-state index in [9.17, 15) is 4.79 Å². The van der Waals surface area contributed by atoms with Crippen molar-refractivity contribution in [2.75, 3.05) is 26.2 Å². The summed E-state index contributed by atoms with van der Waals surface area (Å²) in [5, 5.41) is 0. The van der Waals surface area contributed by atoms with Crippen LogP contribution in [-0.4, -0.2) is 43.1 Å². The van der Waals surface area contributed by atoms with Crippen molar-refractivity contribution in [3.8, 4) is 0 Å². The molecular formula is C22H27N3O2. The number of nitrogens with one attached hydrogen (secondary N) is 2. The predicted molar refractivity (Wildman–Crippen MR) is 105 cm³/mol. The molecule has 142 valence electrons. The maximum Gasteiger partial charge on any atom is 0.253 e. The maximum atomic E-state index is 12.9. The number of ether oxygens (including phenoxy) is 1. The zero-order chi connectivity index (χ0) is 18.5. The van der Waals surface area contributed by atoms with Gasteiger partial charge in [-0.1, -0.05) is 42.5 Å². The molecule has 0 aromatic heterocycles. The smallest absolute Gasteiger partial charge is 0.253 e. The Morgan fingerprint density at radius 2 is 1.74 bits per heavy atom. The van der Waals surface area contributed by atoms with E-state index in [1.54, 1.807) is 0 Å². The predicted octanol–water partition coefficient (Wildman–Crippen LogP) is 2.70. The molecule has 0 radical (unpaired) electrons. The summed E-state index contributed by atoms with van der Waals surface area (Å²) in [6.45, 7) is 3.97. The Balaban J connectivity index is 1.30. The first kappa shape index (κ1) is 18.2. The summed E-state index contributed by atoms with van der Waals surface area (Å²) in [6, 6.07) is 18.3. The highest BCUT2D eigenvalue weighted by molar-refractivity contribution is 5.94. The number of hydrazine groups is 1. The minimum Gasteiger partial charge on any atom is -0.373 e. The van der Waals surface area contributed by atoms with Crippen molar-refractivity contribution in [3.63, 3.8) is 0 Å². The van der Waals surface area contributed by atoms with E-state index in [4.69, 9.17) is 4.74 Å². The lowest BCUT2D eigenvalue weighted by molar-refractivity contribution is -0.000382. The first-order valence-corrected chi connectivity index (χ1v) is 9.80. The van der Waals surface area contributed by atoms with Gasteiger partial charge in [-0.2, -0.15) is 0 Å². The number of hydrogen-bond acceptors (Lipinski definition) is 4. The molecule has 2 N–H and O–H groups in total.